The molecule has 96 valence electrons. The predicted molar refractivity (Wildman–Crippen MR) is 70.0 cm³/mol. The molecular formula is C14H17NO3. The van der Waals surface area contributed by atoms with Crippen LogP contribution in [0.25, 0.3) is 10.9 Å². The molecule has 0 radical (unpaired) electrons. The molecule has 0 fully saturated rings. The number of carboxylic acid groups (broad SMARTS) is 1. The molecule has 0 aliphatic heterocycles. The normalized spacial score (nSPS) is 12.6. The van der Waals surface area contributed by atoms with E-state index in [0.29, 0.717) is 6.42 Å². The van der Waals surface area contributed by atoms with Crippen molar-refractivity contribution in [2.75, 3.05) is 7.11 Å². The number of aryl methyl sites for hydroxylation is 1. The van der Waals surface area contributed by atoms with Gasteiger partial charge in [-0.25, -0.2) is 0 Å². The molecule has 1 unspecified atom stereocenters. The standard InChI is InChI=1S/C14H17NO3/c1-9(14(16)17)6-11-7-10-8-12(18-3)4-5-13(10)15(11)2/h4-5,7-9H,6H2,1-3H3,(H,16,17). The van der Waals surface area contributed by atoms with E-state index < -0.39 is 5.97 Å². The summed E-state index contributed by atoms with van der Waals surface area (Å²) in [4.78, 5) is 10.9. The van der Waals surface area contributed by atoms with Gasteiger partial charge in [0.15, 0.2) is 0 Å². The number of fused-ring (bicyclic) bond motifs is 1. The molecule has 2 rings (SSSR count). The third-order valence-electron chi connectivity index (χ3n) is 3.29. The van der Waals surface area contributed by atoms with Crippen LogP contribution in [0.5, 0.6) is 5.75 Å². The Morgan fingerprint density at radius 1 is 1.44 bits per heavy atom. The molecule has 4 heteroatoms. The number of hydrogen-bond acceptors (Lipinski definition) is 2. The average molecular weight is 247 g/mol. The van der Waals surface area contributed by atoms with E-state index in [-0.39, 0.29) is 5.92 Å². The number of aromatic nitrogens is 1. The van der Waals surface area contributed by atoms with E-state index in [9.17, 15) is 4.79 Å². The molecular weight excluding hydrogens is 230 g/mol. The second kappa shape index (κ2) is 4.72. The Morgan fingerprint density at radius 3 is 2.78 bits per heavy atom. The Morgan fingerprint density at radius 2 is 2.17 bits per heavy atom. The van der Waals surface area contributed by atoms with Crippen LogP contribution in [0.1, 0.15) is 12.6 Å². The Kier molecular flexibility index (Phi) is 3.28. The average Bonchev–Trinajstić information content (AvgIpc) is 2.65. The van der Waals surface area contributed by atoms with Crippen molar-refractivity contribution in [2.24, 2.45) is 13.0 Å². The fourth-order valence-electron chi connectivity index (χ4n) is 2.11. The summed E-state index contributed by atoms with van der Waals surface area (Å²) in [6.45, 7) is 1.72. The van der Waals surface area contributed by atoms with E-state index in [1.165, 1.54) is 0 Å². The maximum atomic E-state index is 10.9. The quantitative estimate of drug-likeness (QED) is 0.902. The summed E-state index contributed by atoms with van der Waals surface area (Å²) in [6, 6.07) is 7.89. The molecule has 0 saturated carbocycles. The van der Waals surface area contributed by atoms with Crippen LogP contribution in [0.2, 0.25) is 0 Å². The second-order valence-electron chi connectivity index (χ2n) is 4.56. The van der Waals surface area contributed by atoms with Gasteiger partial charge >= 0.3 is 5.97 Å². The molecule has 0 aliphatic rings. The van der Waals surface area contributed by atoms with Crippen molar-refractivity contribution in [3.05, 3.63) is 30.0 Å². The van der Waals surface area contributed by atoms with Gasteiger partial charge in [0.05, 0.1) is 13.0 Å². The van der Waals surface area contributed by atoms with Crippen molar-refractivity contribution in [3.63, 3.8) is 0 Å². The minimum absolute atomic E-state index is 0.380. The topological polar surface area (TPSA) is 51.5 Å². The molecule has 0 spiro atoms. The number of rotatable bonds is 4. The molecule has 1 heterocycles. The Balaban J connectivity index is 2.40. The lowest BCUT2D eigenvalue weighted by molar-refractivity contribution is -0.141. The summed E-state index contributed by atoms with van der Waals surface area (Å²) in [5.74, 6) is -0.335. The molecule has 2 aromatic rings. The molecule has 1 aromatic heterocycles. The van der Waals surface area contributed by atoms with Crippen LogP contribution in [0.3, 0.4) is 0 Å². The zero-order chi connectivity index (χ0) is 13.3. The number of benzene rings is 1. The molecule has 0 amide bonds. The van der Waals surface area contributed by atoms with Gasteiger partial charge in [-0.15, -0.1) is 0 Å². The fourth-order valence-corrected chi connectivity index (χ4v) is 2.11. The fraction of sp³-hybridized carbons (Fsp3) is 0.357. The van der Waals surface area contributed by atoms with Crippen molar-refractivity contribution in [2.45, 2.75) is 13.3 Å². The monoisotopic (exact) mass is 247 g/mol. The van der Waals surface area contributed by atoms with Crippen molar-refractivity contribution in [1.29, 1.82) is 0 Å². The Bertz CT molecular complexity index is 586. The molecule has 0 bridgehead atoms. The lowest BCUT2D eigenvalue weighted by Crippen LogP contribution is -2.13. The highest BCUT2D eigenvalue weighted by atomic mass is 16.5. The number of hydrogen-bond donors (Lipinski definition) is 1. The second-order valence-corrected chi connectivity index (χ2v) is 4.56. The number of carbonyl (C=O) groups is 1. The summed E-state index contributed by atoms with van der Waals surface area (Å²) in [6.07, 6.45) is 0.531. The number of nitrogens with zero attached hydrogens (tertiary/aromatic N) is 1. The van der Waals surface area contributed by atoms with Crippen molar-refractivity contribution < 1.29 is 14.6 Å². The summed E-state index contributed by atoms with van der Waals surface area (Å²) >= 11 is 0. The van der Waals surface area contributed by atoms with Gasteiger partial charge in [-0.3, -0.25) is 4.79 Å². The largest absolute Gasteiger partial charge is 0.497 e. The highest BCUT2D eigenvalue weighted by molar-refractivity contribution is 5.83. The van der Waals surface area contributed by atoms with Gasteiger partial charge in [-0.2, -0.15) is 0 Å². The lowest BCUT2D eigenvalue weighted by Gasteiger charge is -2.07. The van der Waals surface area contributed by atoms with Gasteiger partial charge in [-0.05, 0) is 24.3 Å². The minimum Gasteiger partial charge on any atom is -0.497 e. The van der Waals surface area contributed by atoms with Crippen molar-refractivity contribution >= 4 is 16.9 Å². The van der Waals surface area contributed by atoms with Crippen LogP contribution in [0, 0.1) is 5.92 Å². The first-order chi connectivity index (χ1) is 8.52. The number of methoxy groups -OCH3 is 1. The highest BCUT2D eigenvalue weighted by Gasteiger charge is 2.15. The van der Waals surface area contributed by atoms with Gasteiger partial charge in [0, 0.05) is 30.1 Å². The van der Waals surface area contributed by atoms with E-state index in [4.69, 9.17) is 9.84 Å². The van der Waals surface area contributed by atoms with Crippen molar-refractivity contribution in [1.82, 2.24) is 4.57 Å². The van der Waals surface area contributed by atoms with Gasteiger partial charge in [-0.1, -0.05) is 6.92 Å². The molecule has 1 N–H and O–H groups in total. The Labute approximate surface area is 106 Å². The first kappa shape index (κ1) is 12.5. The molecule has 1 aromatic carbocycles. The summed E-state index contributed by atoms with van der Waals surface area (Å²) in [5, 5.41) is 10.0. The SMILES string of the molecule is COc1ccc2c(c1)cc(CC(C)C(=O)O)n2C. The van der Waals surface area contributed by atoms with Crippen LogP contribution in [0.15, 0.2) is 24.3 Å². The third-order valence-corrected chi connectivity index (χ3v) is 3.29. The third kappa shape index (κ3) is 2.18. The van der Waals surface area contributed by atoms with Gasteiger partial charge < -0.3 is 14.4 Å². The van der Waals surface area contributed by atoms with Crippen LogP contribution in [-0.4, -0.2) is 22.8 Å². The maximum absolute atomic E-state index is 10.9. The van der Waals surface area contributed by atoms with Crippen LogP contribution < -0.4 is 4.74 Å². The summed E-state index contributed by atoms with van der Waals surface area (Å²) in [7, 11) is 3.59. The molecule has 1 atom stereocenters. The zero-order valence-corrected chi connectivity index (χ0v) is 10.8. The van der Waals surface area contributed by atoms with E-state index in [1.54, 1.807) is 14.0 Å². The minimum atomic E-state index is -0.766. The summed E-state index contributed by atoms with van der Waals surface area (Å²) < 4.78 is 7.22. The van der Waals surface area contributed by atoms with E-state index in [0.717, 1.165) is 22.3 Å². The van der Waals surface area contributed by atoms with Gasteiger partial charge in [0.2, 0.25) is 0 Å². The van der Waals surface area contributed by atoms with Crippen molar-refractivity contribution in [3.8, 4) is 5.75 Å². The lowest BCUT2D eigenvalue weighted by atomic mass is 10.1. The van der Waals surface area contributed by atoms with Crippen LogP contribution in [-0.2, 0) is 18.3 Å². The maximum Gasteiger partial charge on any atom is 0.306 e. The predicted octanol–water partition coefficient (Wildman–Crippen LogP) is 2.45. The zero-order valence-electron chi connectivity index (χ0n) is 10.8. The van der Waals surface area contributed by atoms with Gasteiger partial charge in [0.1, 0.15) is 5.75 Å². The van der Waals surface area contributed by atoms with Crippen LogP contribution in [0.4, 0.5) is 0 Å². The van der Waals surface area contributed by atoms with E-state index in [2.05, 4.69) is 0 Å². The highest BCUT2D eigenvalue weighted by Crippen LogP contribution is 2.25. The smallest absolute Gasteiger partial charge is 0.306 e. The first-order valence-corrected chi connectivity index (χ1v) is 5.88. The van der Waals surface area contributed by atoms with E-state index >= 15 is 0 Å². The van der Waals surface area contributed by atoms with Crippen LogP contribution >= 0.6 is 0 Å². The van der Waals surface area contributed by atoms with E-state index in [1.807, 2.05) is 35.9 Å². The molecule has 0 aliphatic carbocycles. The number of ether oxygens (including phenoxy) is 1. The number of carboxylic acids is 1. The molecule has 0 saturated heterocycles. The molecule has 18 heavy (non-hydrogen) atoms. The summed E-state index contributed by atoms with van der Waals surface area (Å²) in [5.41, 5.74) is 2.11. The Hall–Kier alpha value is -1.97. The number of aliphatic carboxylic acids is 1. The first-order valence-electron chi connectivity index (χ1n) is 5.88. The molecule has 4 nitrogen and oxygen atoms in total. The van der Waals surface area contributed by atoms with Gasteiger partial charge in [0.25, 0.3) is 0 Å².